The number of aromatic nitrogens is 2. The molecule has 1 atom stereocenters. The minimum absolute atomic E-state index is 0.0473. The lowest BCUT2D eigenvalue weighted by molar-refractivity contribution is -0.127. The number of ether oxygens (including phenoxy) is 2. The summed E-state index contributed by atoms with van der Waals surface area (Å²) in [6.07, 6.45) is 0. The minimum Gasteiger partial charge on any atom is -0.486 e. The van der Waals surface area contributed by atoms with Crippen LogP contribution >= 0.6 is 0 Å². The zero-order chi connectivity index (χ0) is 25.6. The van der Waals surface area contributed by atoms with E-state index in [1.807, 2.05) is 54.3 Å². The molecular formula is C30H29N5O3. The van der Waals surface area contributed by atoms with E-state index in [2.05, 4.69) is 45.1 Å². The fourth-order valence-corrected chi connectivity index (χ4v) is 5.76. The van der Waals surface area contributed by atoms with Crippen LogP contribution in [0.15, 0.2) is 84.1 Å². The van der Waals surface area contributed by atoms with Gasteiger partial charge >= 0.3 is 0 Å². The van der Waals surface area contributed by atoms with Gasteiger partial charge in [0.25, 0.3) is 5.91 Å². The van der Waals surface area contributed by atoms with E-state index in [-0.39, 0.29) is 11.9 Å². The molecule has 1 unspecified atom stereocenters. The van der Waals surface area contributed by atoms with Crippen LogP contribution in [0.4, 0.5) is 11.6 Å². The predicted octanol–water partition coefficient (Wildman–Crippen LogP) is 4.45. The van der Waals surface area contributed by atoms with Gasteiger partial charge in [-0.25, -0.2) is 4.98 Å². The van der Waals surface area contributed by atoms with Crippen molar-refractivity contribution >= 4 is 28.6 Å². The summed E-state index contributed by atoms with van der Waals surface area (Å²) in [6, 6.07) is 24.1. The first-order valence-electron chi connectivity index (χ1n) is 13.1. The molecule has 3 aliphatic rings. The van der Waals surface area contributed by atoms with Crippen molar-refractivity contribution in [2.24, 2.45) is 0 Å². The van der Waals surface area contributed by atoms with Gasteiger partial charge in [0.1, 0.15) is 13.2 Å². The van der Waals surface area contributed by atoms with E-state index in [0.717, 1.165) is 52.7 Å². The molecule has 0 radical (unpaired) electrons. The lowest BCUT2D eigenvalue weighted by Crippen LogP contribution is -2.50. The van der Waals surface area contributed by atoms with Crippen LogP contribution in [0.25, 0.3) is 11.0 Å². The van der Waals surface area contributed by atoms with Crippen LogP contribution < -0.4 is 19.7 Å². The molecule has 192 valence electrons. The highest BCUT2D eigenvalue weighted by Gasteiger charge is 2.37. The van der Waals surface area contributed by atoms with Gasteiger partial charge in [-0.05, 0) is 48.9 Å². The van der Waals surface area contributed by atoms with Gasteiger partial charge in [0.2, 0.25) is 5.95 Å². The van der Waals surface area contributed by atoms with E-state index in [1.165, 1.54) is 5.69 Å². The number of anilines is 2. The second kappa shape index (κ2) is 9.13. The molecule has 1 amide bonds. The van der Waals surface area contributed by atoms with Crippen molar-refractivity contribution < 1.29 is 14.3 Å². The van der Waals surface area contributed by atoms with Gasteiger partial charge in [-0.1, -0.05) is 36.4 Å². The quantitative estimate of drug-likeness (QED) is 0.442. The zero-order valence-electron chi connectivity index (χ0n) is 21.3. The number of imidazole rings is 1. The lowest BCUT2D eigenvalue weighted by atomic mass is 9.93. The largest absolute Gasteiger partial charge is 0.486 e. The highest BCUT2D eigenvalue weighted by Crippen LogP contribution is 2.42. The van der Waals surface area contributed by atoms with Crippen molar-refractivity contribution in [2.75, 3.05) is 49.6 Å². The zero-order valence-corrected chi connectivity index (χ0v) is 21.3. The number of nitrogens with zero attached hydrogens (tertiary/aromatic N) is 4. The van der Waals surface area contributed by atoms with E-state index in [9.17, 15) is 4.79 Å². The molecule has 8 heteroatoms. The van der Waals surface area contributed by atoms with Gasteiger partial charge in [0.05, 0.1) is 22.6 Å². The third-order valence-electron chi connectivity index (χ3n) is 7.63. The number of hydrogen-bond donors (Lipinski definition) is 1. The third-order valence-corrected chi connectivity index (χ3v) is 7.63. The Morgan fingerprint density at radius 3 is 2.45 bits per heavy atom. The van der Waals surface area contributed by atoms with E-state index >= 15 is 0 Å². The van der Waals surface area contributed by atoms with Crippen LogP contribution in [0.2, 0.25) is 0 Å². The second-order valence-electron chi connectivity index (χ2n) is 9.88. The molecule has 0 saturated carbocycles. The molecule has 1 fully saturated rings. The Kier molecular flexibility index (Phi) is 5.46. The highest BCUT2D eigenvalue weighted by atomic mass is 16.6. The number of benzene rings is 3. The van der Waals surface area contributed by atoms with Gasteiger partial charge in [0.15, 0.2) is 11.5 Å². The number of piperazine rings is 1. The Bertz CT molecular complexity index is 1550. The summed E-state index contributed by atoms with van der Waals surface area (Å²) in [4.78, 5) is 23.4. The van der Waals surface area contributed by atoms with Gasteiger partial charge in [-0.15, -0.1) is 0 Å². The van der Waals surface area contributed by atoms with E-state index in [1.54, 1.807) is 0 Å². The van der Waals surface area contributed by atoms with E-state index in [0.29, 0.717) is 32.1 Å². The van der Waals surface area contributed by atoms with E-state index in [4.69, 9.17) is 14.5 Å². The lowest BCUT2D eigenvalue weighted by Gasteiger charge is -2.39. The number of allylic oxidation sites excluding steroid dienone is 1. The molecule has 3 aliphatic heterocycles. The molecule has 0 spiro atoms. The fourth-order valence-electron chi connectivity index (χ4n) is 5.76. The van der Waals surface area contributed by atoms with E-state index < -0.39 is 0 Å². The highest BCUT2D eigenvalue weighted by molar-refractivity contribution is 5.98. The van der Waals surface area contributed by atoms with Gasteiger partial charge in [-0.3, -0.25) is 9.36 Å². The van der Waals surface area contributed by atoms with Crippen molar-refractivity contribution in [3.63, 3.8) is 0 Å². The van der Waals surface area contributed by atoms with Crippen molar-refractivity contribution in [1.82, 2.24) is 14.5 Å². The Hall–Kier alpha value is -4.46. The maximum absolute atomic E-state index is 14.3. The maximum Gasteiger partial charge on any atom is 0.254 e. The molecular weight excluding hydrogens is 478 g/mol. The molecule has 4 aromatic rings. The van der Waals surface area contributed by atoms with Gasteiger partial charge < -0.3 is 24.6 Å². The SMILES string of the molecule is CC1=C(C(=O)N2CCN(c3ccccc3)CC2)C(c2ccc3c(c2)OCCO3)n2c(nc3ccccc32)N1. The topological polar surface area (TPSA) is 71.9 Å². The first-order valence-corrected chi connectivity index (χ1v) is 13.1. The number of rotatable bonds is 3. The molecule has 38 heavy (non-hydrogen) atoms. The summed E-state index contributed by atoms with van der Waals surface area (Å²) in [5, 5.41) is 3.43. The van der Waals surface area contributed by atoms with Gasteiger partial charge in [-0.2, -0.15) is 0 Å². The summed E-state index contributed by atoms with van der Waals surface area (Å²) in [7, 11) is 0. The third kappa shape index (κ3) is 3.75. The van der Waals surface area contributed by atoms with Crippen molar-refractivity contribution in [3.8, 4) is 11.5 Å². The number of para-hydroxylation sites is 3. The Balaban J connectivity index is 1.27. The summed E-state index contributed by atoms with van der Waals surface area (Å²) in [5.41, 5.74) is 5.56. The second-order valence-corrected chi connectivity index (χ2v) is 9.88. The van der Waals surface area contributed by atoms with Crippen LogP contribution in [0.1, 0.15) is 18.5 Å². The molecule has 1 aromatic heterocycles. The summed E-state index contributed by atoms with van der Waals surface area (Å²) < 4.78 is 13.8. The van der Waals surface area contributed by atoms with Crippen molar-refractivity contribution in [3.05, 3.63) is 89.6 Å². The Labute approximate surface area is 221 Å². The number of fused-ring (bicyclic) bond motifs is 4. The normalized spacial score (nSPS) is 18.8. The van der Waals surface area contributed by atoms with Crippen LogP contribution in [0, 0.1) is 0 Å². The summed E-state index contributed by atoms with van der Waals surface area (Å²) >= 11 is 0. The standard InChI is InChI=1S/C30H29N5O3/c1-20-27(29(36)34-15-13-33(14-16-34)22-7-3-2-4-8-22)28(21-11-12-25-26(19-21)38-18-17-37-25)35-24-10-6-5-9-23(24)32-30(35)31-20/h2-12,19,28H,13-18H2,1H3,(H,31,32). The molecule has 7 rings (SSSR count). The van der Waals surface area contributed by atoms with Crippen LogP contribution in [-0.4, -0.2) is 59.8 Å². The average molecular weight is 508 g/mol. The Morgan fingerprint density at radius 2 is 1.63 bits per heavy atom. The average Bonchev–Trinajstić information content (AvgIpc) is 3.34. The monoisotopic (exact) mass is 507 g/mol. The molecule has 0 bridgehead atoms. The number of amides is 1. The molecule has 8 nitrogen and oxygen atoms in total. The first-order chi connectivity index (χ1) is 18.7. The van der Waals surface area contributed by atoms with Crippen molar-refractivity contribution in [2.45, 2.75) is 13.0 Å². The molecule has 4 heterocycles. The van der Waals surface area contributed by atoms with Crippen LogP contribution in [-0.2, 0) is 4.79 Å². The number of hydrogen-bond acceptors (Lipinski definition) is 6. The Morgan fingerprint density at radius 1 is 0.895 bits per heavy atom. The summed E-state index contributed by atoms with van der Waals surface area (Å²) in [5.74, 6) is 2.22. The van der Waals surface area contributed by atoms with Crippen molar-refractivity contribution in [1.29, 1.82) is 0 Å². The fraction of sp³-hybridized carbons (Fsp3) is 0.267. The minimum atomic E-state index is -0.353. The first kappa shape index (κ1) is 22.7. The predicted molar refractivity (Wildman–Crippen MR) is 147 cm³/mol. The summed E-state index contributed by atoms with van der Waals surface area (Å²) in [6.45, 7) is 5.93. The smallest absolute Gasteiger partial charge is 0.254 e. The molecule has 0 aliphatic carbocycles. The molecule has 1 saturated heterocycles. The van der Waals surface area contributed by atoms with Gasteiger partial charge in [0, 0.05) is 37.6 Å². The number of carbonyl (C=O) groups excluding carboxylic acids is 1. The maximum atomic E-state index is 14.3. The van der Waals surface area contributed by atoms with Crippen LogP contribution in [0.3, 0.4) is 0 Å². The van der Waals surface area contributed by atoms with Crippen LogP contribution in [0.5, 0.6) is 11.5 Å². The number of carbonyl (C=O) groups is 1. The molecule has 1 N–H and O–H groups in total. The molecule has 3 aromatic carbocycles. The number of nitrogens with one attached hydrogen (secondary N) is 1.